The minimum atomic E-state index is -0.102. The zero-order valence-corrected chi connectivity index (χ0v) is 8.60. The lowest BCUT2D eigenvalue weighted by Gasteiger charge is -2.38. The summed E-state index contributed by atoms with van der Waals surface area (Å²) in [6.45, 7) is 3.54. The topological polar surface area (TPSA) is 64.9 Å². The molecule has 1 aliphatic rings. The molecular formula is C10H17N3O. The van der Waals surface area contributed by atoms with E-state index in [1.165, 1.54) is 19.3 Å². The largest absolute Gasteiger partial charge is 0.342 e. The Hall–Kier alpha value is -1.08. The van der Waals surface area contributed by atoms with Crippen LogP contribution >= 0.6 is 0 Å². The van der Waals surface area contributed by atoms with Gasteiger partial charge in [-0.15, -0.1) is 0 Å². The van der Waals surface area contributed by atoms with E-state index in [1.54, 1.807) is 0 Å². The van der Waals surface area contributed by atoms with Crippen molar-refractivity contribution >= 4 is 5.91 Å². The van der Waals surface area contributed by atoms with Crippen LogP contribution in [0.1, 0.15) is 26.2 Å². The van der Waals surface area contributed by atoms with Gasteiger partial charge in [-0.2, -0.15) is 5.26 Å². The fourth-order valence-corrected chi connectivity index (χ4v) is 1.64. The average Bonchev–Trinajstić information content (AvgIpc) is 2.12. The zero-order valence-electron chi connectivity index (χ0n) is 8.60. The minimum absolute atomic E-state index is 0.0950. The summed E-state index contributed by atoms with van der Waals surface area (Å²) < 4.78 is 0. The van der Waals surface area contributed by atoms with E-state index in [1.807, 2.05) is 6.07 Å². The van der Waals surface area contributed by atoms with Gasteiger partial charge in [0.05, 0.1) is 12.6 Å². The van der Waals surface area contributed by atoms with Gasteiger partial charge in [0.2, 0.25) is 5.91 Å². The predicted octanol–water partition coefficient (Wildman–Crippen LogP) is 0.406. The number of nitriles is 1. The molecule has 4 nitrogen and oxygen atoms in total. The van der Waals surface area contributed by atoms with Crippen LogP contribution in [0, 0.1) is 16.7 Å². The number of carbonyl (C=O) groups is 1. The maximum Gasteiger partial charge on any atom is 0.234 e. The molecule has 1 aliphatic carbocycles. The smallest absolute Gasteiger partial charge is 0.234 e. The van der Waals surface area contributed by atoms with Gasteiger partial charge < -0.3 is 10.6 Å². The predicted molar refractivity (Wildman–Crippen MR) is 53.5 cm³/mol. The van der Waals surface area contributed by atoms with Crippen LogP contribution in [-0.2, 0) is 4.79 Å². The molecule has 0 aromatic heterocycles. The van der Waals surface area contributed by atoms with Crippen molar-refractivity contribution in [1.29, 1.82) is 5.26 Å². The van der Waals surface area contributed by atoms with Crippen molar-refractivity contribution in [3.63, 3.8) is 0 Å². The van der Waals surface area contributed by atoms with Gasteiger partial charge in [0.1, 0.15) is 6.54 Å². The molecule has 0 radical (unpaired) electrons. The third-order valence-corrected chi connectivity index (χ3v) is 2.76. The Bertz CT molecular complexity index is 240. The summed E-state index contributed by atoms with van der Waals surface area (Å²) in [7, 11) is 0. The van der Waals surface area contributed by atoms with Crippen molar-refractivity contribution in [2.75, 3.05) is 19.6 Å². The molecule has 0 heterocycles. The fourth-order valence-electron chi connectivity index (χ4n) is 1.64. The Balaban J connectivity index is 2.03. The molecule has 0 saturated heterocycles. The molecule has 14 heavy (non-hydrogen) atoms. The third-order valence-electron chi connectivity index (χ3n) is 2.76. The van der Waals surface area contributed by atoms with Crippen LogP contribution in [0.5, 0.6) is 0 Å². The van der Waals surface area contributed by atoms with Crippen molar-refractivity contribution in [1.82, 2.24) is 10.6 Å². The van der Waals surface area contributed by atoms with Gasteiger partial charge >= 0.3 is 0 Å². The van der Waals surface area contributed by atoms with Gasteiger partial charge in [-0.3, -0.25) is 4.79 Å². The second-order valence-corrected chi connectivity index (χ2v) is 4.20. The highest BCUT2D eigenvalue weighted by molar-refractivity contribution is 5.78. The summed E-state index contributed by atoms with van der Waals surface area (Å²) in [5.41, 5.74) is 0.398. The first-order valence-corrected chi connectivity index (χ1v) is 5.01. The first-order chi connectivity index (χ1) is 6.66. The standard InChI is InChI=1S/C10H17N3O/c1-10(3-2-4-10)8-12-7-9(14)13-6-5-11/h12H,2-4,6-8H2,1H3,(H,13,14). The van der Waals surface area contributed by atoms with E-state index in [0.29, 0.717) is 12.0 Å². The molecule has 0 aromatic rings. The highest BCUT2D eigenvalue weighted by Crippen LogP contribution is 2.39. The molecule has 0 aliphatic heterocycles. The number of nitrogens with one attached hydrogen (secondary N) is 2. The minimum Gasteiger partial charge on any atom is -0.342 e. The van der Waals surface area contributed by atoms with Crippen molar-refractivity contribution in [3.8, 4) is 6.07 Å². The Morgan fingerprint density at radius 1 is 1.57 bits per heavy atom. The Kier molecular flexibility index (Phi) is 3.90. The number of nitrogens with zero attached hydrogens (tertiary/aromatic N) is 1. The zero-order chi connectivity index (χ0) is 10.4. The Morgan fingerprint density at radius 2 is 2.29 bits per heavy atom. The number of amides is 1. The van der Waals surface area contributed by atoms with Crippen LogP contribution in [0.25, 0.3) is 0 Å². The van der Waals surface area contributed by atoms with E-state index >= 15 is 0 Å². The molecule has 4 heteroatoms. The van der Waals surface area contributed by atoms with E-state index in [4.69, 9.17) is 5.26 Å². The van der Waals surface area contributed by atoms with Gasteiger partial charge in [0, 0.05) is 6.54 Å². The molecule has 78 valence electrons. The van der Waals surface area contributed by atoms with Crippen LogP contribution in [0.3, 0.4) is 0 Å². The van der Waals surface area contributed by atoms with Crippen LogP contribution < -0.4 is 10.6 Å². The van der Waals surface area contributed by atoms with Crippen molar-refractivity contribution in [2.24, 2.45) is 5.41 Å². The molecule has 1 amide bonds. The molecule has 1 fully saturated rings. The van der Waals surface area contributed by atoms with Crippen LogP contribution in [-0.4, -0.2) is 25.5 Å². The number of hydrogen-bond acceptors (Lipinski definition) is 3. The molecule has 0 spiro atoms. The van der Waals surface area contributed by atoms with Crippen LogP contribution in [0.2, 0.25) is 0 Å². The lowest BCUT2D eigenvalue weighted by Crippen LogP contribution is -2.41. The molecular weight excluding hydrogens is 178 g/mol. The summed E-state index contributed by atoms with van der Waals surface area (Å²) in [5.74, 6) is -0.102. The van der Waals surface area contributed by atoms with E-state index in [0.717, 1.165) is 6.54 Å². The van der Waals surface area contributed by atoms with Gasteiger partial charge in [-0.1, -0.05) is 13.3 Å². The van der Waals surface area contributed by atoms with Crippen molar-refractivity contribution in [3.05, 3.63) is 0 Å². The van der Waals surface area contributed by atoms with E-state index in [9.17, 15) is 4.79 Å². The Labute approximate surface area is 84.7 Å². The summed E-state index contributed by atoms with van der Waals surface area (Å²) in [4.78, 5) is 11.1. The maximum atomic E-state index is 11.1. The maximum absolute atomic E-state index is 11.1. The number of hydrogen-bond donors (Lipinski definition) is 2. The molecule has 1 saturated carbocycles. The highest BCUT2D eigenvalue weighted by Gasteiger charge is 2.30. The quantitative estimate of drug-likeness (QED) is 0.624. The van der Waals surface area contributed by atoms with Crippen LogP contribution in [0.15, 0.2) is 0 Å². The van der Waals surface area contributed by atoms with Gasteiger partial charge in [-0.25, -0.2) is 0 Å². The summed E-state index contributed by atoms with van der Waals surface area (Å²) in [6.07, 6.45) is 3.80. The highest BCUT2D eigenvalue weighted by atomic mass is 16.1. The lowest BCUT2D eigenvalue weighted by molar-refractivity contribution is -0.120. The molecule has 0 aromatic carbocycles. The van der Waals surface area contributed by atoms with Crippen molar-refractivity contribution in [2.45, 2.75) is 26.2 Å². The first-order valence-electron chi connectivity index (χ1n) is 5.01. The second-order valence-electron chi connectivity index (χ2n) is 4.20. The van der Waals surface area contributed by atoms with Crippen LogP contribution in [0.4, 0.5) is 0 Å². The SMILES string of the molecule is CC1(CNCC(=O)NCC#N)CCC1. The second kappa shape index (κ2) is 4.97. The molecule has 0 atom stereocenters. The average molecular weight is 195 g/mol. The van der Waals surface area contributed by atoms with Gasteiger partial charge in [0.15, 0.2) is 0 Å². The first kappa shape index (κ1) is 11.0. The van der Waals surface area contributed by atoms with Gasteiger partial charge in [-0.05, 0) is 18.3 Å². The summed E-state index contributed by atoms with van der Waals surface area (Å²) in [5, 5.41) is 13.8. The number of rotatable bonds is 5. The molecule has 2 N–H and O–H groups in total. The molecule has 0 unspecified atom stereocenters. The normalized spacial score (nSPS) is 18.0. The fraction of sp³-hybridized carbons (Fsp3) is 0.800. The number of carbonyl (C=O) groups excluding carboxylic acids is 1. The van der Waals surface area contributed by atoms with E-state index in [2.05, 4.69) is 17.6 Å². The molecule has 1 rings (SSSR count). The monoisotopic (exact) mass is 195 g/mol. The van der Waals surface area contributed by atoms with Crippen molar-refractivity contribution < 1.29 is 4.79 Å². The van der Waals surface area contributed by atoms with E-state index < -0.39 is 0 Å². The summed E-state index contributed by atoms with van der Waals surface area (Å²) in [6, 6.07) is 1.87. The lowest BCUT2D eigenvalue weighted by atomic mass is 9.70. The summed E-state index contributed by atoms with van der Waals surface area (Å²) >= 11 is 0. The Morgan fingerprint density at radius 3 is 2.79 bits per heavy atom. The van der Waals surface area contributed by atoms with E-state index in [-0.39, 0.29) is 12.5 Å². The third kappa shape index (κ3) is 3.35. The molecule has 0 bridgehead atoms. The van der Waals surface area contributed by atoms with Gasteiger partial charge in [0.25, 0.3) is 0 Å².